The summed E-state index contributed by atoms with van der Waals surface area (Å²) in [6, 6.07) is 1.90. The molecule has 3 heteroatoms. The Hall–Kier alpha value is -1.25. The van der Waals surface area contributed by atoms with E-state index in [0.29, 0.717) is 5.69 Å². The highest BCUT2D eigenvalue weighted by Gasteiger charge is 2.19. The van der Waals surface area contributed by atoms with E-state index >= 15 is 0 Å². The van der Waals surface area contributed by atoms with Gasteiger partial charge in [-0.15, -0.1) is 0 Å². The normalized spacial score (nSPS) is 14.9. The predicted octanol–water partition coefficient (Wildman–Crippen LogP) is 0.391. The summed E-state index contributed by atoms with van der Waals surface area (Å²) < 4.78 is 0.900. The van der Waals surface area contributed by atoms with E-state index in [1.807, 2.05) is 6.07 Å². The molecule has 3 nitrogen and oxygen atoms in total. The Bertz CT molecular complexity index is 296. The van der Waals surface area contributed by atoms with Crippen LogP contribution in [-0.4, -0.2) is 0 Å². The molecule has 1 aromatic rings. The Morgan fingerprint density at radius 3 is 3.09 bits per heavy atom. The van der Waals surface area contributed by atoms with Gasteiger partial charge in [0.1, 0.15) is 0 Å². The standard InChI is InChI=1S/C8H10N2O/c9-7-4-6-2-1-3-8(6)10(11)5-7/h4-5H,1-3,9H2. The molecule has 0 radical (unpaired) electrons. The van der Waals surface area contributed by atoms with Crippen molar-refractivity contribution in [1.82, 2.24) is 0 Å². The quantitative estimate of drug-likeness (QED) is 0.429. The maximum absolute atomic E-state index is 11.2. The van der Waals surface area contributed by atoms with Gasteiger partial charge in [-0.25, -0.2) is 0 Å². The van der Waals surface area contributed by atoms with E-state index in [9.17, 15) is 5.21 Å². The van der Waals surface area contributed by atoms with Gasteiger partial charge in [-0.2, -0.15) is 4.73 Å². The van der Waals surface area contributed by atoms with Crippen molar-refractivity contribution in [3.05, 3.63) is 28.7 Å². The number of nitrogens with zero attached hydrogens (tertiary/aromatic N) is 1. The molecule has 0 saturated heterocycles. The number of aromatic nitrogens is 1. The van der Waals surface area contributed by atoms with E-state index in [4.69, 9.17) is 5.73 Å². The number of hydrogen-bond donors (Lipinski definition) is 1. The summed E-state index contributed by atoms with van der Waals surface area (Å²) >= 11 is 0. The van der Waals surface area contributed by atoms with Crippen LogP contribution in [-0.2, 0) is 12.8 Å². The molecule has 0 saturated carbocycles. The number of rotatable bonds is 0. The van der Waals surface area contributed by atoms with Gasteiger partial charge in [-0.1, -0.05) is 0 Å². The summed E-state index contributed by atoms with van der Waals surface area (Å²) in [5.74, 6) is 0. The van der Waals surface area contributed by atoms with E-state index in [1.54, 1.807) is 0 Å². The Balaban J connectivity index is 2.60. The number of fused-ring (bicyclic) bond motifs is 1. The van der Waals surface area contributed by atoms with Crippen LogP contribution in [0.4, 0.5) is 5.69 Å². The van der Waals surface area contributed by atoms with Crippen LogP contribution in [0.25, 0.3) is 0 Å². The van der Waals surface area contributed by atoms with Gasteiger partial charge >= 0.3 is 0 Å². The Labute approximate surface area is 65.0 Å². The van der Waals surface area contributed by atoms with Gasteiger partial charge < -0.3 is 10.9 Å². The second-order valence-corrected chi connectivity index (χ2v) is 2.92. The van der Waals surface area contributed by atoms with Crippen molar-refractivity contribution in [1.29, 1.82) is 0 Å². The minimum atomic E-state index is 0.570. The fraction of sp³-hybridized carbons (Fsp3) is 0.375. The molecule has 0 amide bonds. The first kappa shape index (κ1) is 6.46. The molecule has 0 fully saturated rings. The van der Waals surface area contributed by atoms with E-state index in [1.165, 1.54) is 6.20 Å². The first-order valence-electron chi connectivity index (χ1n) is 3.78. The molecule has 0 atom stereocenters. The highest BCUT2D eigenvalue weighted by Crippen LogP contribution is 2.19. The third kappa shape index (κ3) is 0.926. The Kier molecular flexibility index (Phi) is 1.24. The molecule has 58 valence electrons. The topological polar surface area (TPSA) is 53.0 Å². The van der Waals surface area contributed by atoms with Crippen molar-refractivity contribution in [2.24, 2.45) is 0 Å². The zero-order valence-electron chi connectivity index (χ0n) is 6.21. The van der Waals surface area contributed by atoms with Crippen LogP contribution in [0.3, 0.4) is 0 Å². The minimum absolute atomic E-state index is 0.570. The minimum Gasteiger partial charge on any atom is -0.618 e. The van der Waals surface area contributed by atoms with Crippen LogP contribution in [0.1, 0.15) is 17.7 Å². The number of nitrogens with two attached hydrogens (primary N) is 1. The second-order valence-electron chi connectivity index (χ2n) is 2.92. The van der Waals surface area contributed by atoms with Crippen LogP contribution in [0, 0.1) is 5.21 Å². The van der Waals surface area contributed by atoms with Crippen LogP contribution >= 0.6 is 0 Å². The largest absolute Gasteiger partial charge is 0.618 e. The van der Waals surface area contributed by atoms with E-state index in [-0.39, 0.29) is 0 Å². The van der Waals surface area contributed by atoms with Gasteiger partial charge in [0.05, 0.1) is 5.69 Å². The number of hydrogen-bond acceptors (Lipinski definition) is 2. The van der Waals surface area contributed by atoms with Crippen molar-refractivity contribution in [3.63, 3.8) is 0 Å². The van der Waals surface area contributed by atoms with Crippen molar-refractivity contribution in [2.45, 2.75) is 19.3 Å². The fourth-order valence-electron chi connectivity index (χ4n) is 1.61. The lowest BCUT2D eigenvalue weighted by Gasteiger charge is -2.02. The Morgan fingerprint density at radius 2 is 2.27 bits per heavy atom. The molecule has 1 aromatic heterocycles. The summed E-state index contributed by atoms with van der Waals surface area (Å²) in [5.41, 5.74) is 8.11. The monoisotopic (exact) mass is 150 g/mol. The maximum atomic E-state index is 11.2. The van der Waals surface area contributed by atoms with Gasteiger partial charge in [0.15, 0.2) is 5.69 Å². The zero-order chi connectivity index (χ0) is 7.84. The lowest BCUT2D eigenvalue weighted by Crippen LogP contribution is -2.31. The molecule has 0 aliphatic heterocycles. The van der Waals surface area contributed by atoms with E-state index in [0.717, 1.165) is 35.3 Å². The molecule has 2 N–H and O–H groups in total. The molecular formula is C8H10N2O. The highest BCUT2D eigenvalue weighted by atomic mass is 16.5. The molecule has 11 heavy (non-hydrogen) atoms. The summed E-state index contributed by atoms with van der Waals surface area (Å²) in [6.45, 7) is 0. The van der Waals surface area contributed by atoms with E-state index in [2.05, 4.69) is 0 Å². The van der Waals surface area contributed by atoms with Crippen molar-refractivity contribution in [3.8, 4) is 0 Å². The maximum Gasteiger partial charge on any atom is 0.203 e. The van der Waals surface area contributed by atoms with Crippen molar-refractivity contribution >= 4 is 5.69 Å². The van der Waals surface area contributed by atoms with Crippen LogP contribution < -0.4 is 10.5 Å². The van der Waals surface area contributed by atoms with Crippen LogP contribution in [0.2, 0.25) is 0 Å². The smallest absolute Gasteiger partial charge is 0.203 e. The van der Waals surface area contributed by atoms with Crippen LogP contribution in [0.5, 0.6) is 0 Å². The number of nitrogen functional groups attached to an aromatic ring is 1. The van der Waals surface area contributed by atoms with Crippen molar-refractivity contribution < 1.29 is 4.73 Å². The molecule has 1 aliphatic rings. The first-order valence-corrected chi connectivity index (χ1v) is 3.78. The molecular weight excluding hydrogens is 140 g/mol. The lowest BCUT2D eigenvalue weighted by atomic mass is 10.2. The molecule has 1 aliphatic carbocycles. The van der Waals surface area contributed by atoms with Gasteiger partial charge in [0.2, 0.25) is 6.20 Å². The Morgan fingerprint density at radius 1 is 1.45 bits per heavy atom. The number of anilines is 1. The van der Waals surface area contributed by atoms with Crippen molar-refractivity contribution in [2.75, 3.05) is 5.73 Å². The number of aryl methyl sites for hydroxylation is 1. The summed E-state index contributed by atoms with van der Waals surface area (Å²) in [7, 11) is 0. The third-order valence-electron chi connectivity index (χ3n) is 2.10. The number of pyridine rings is 1. The highest BCUT2D eigenvalue weighted by molar-refractivity contribution is 5.38. The molecule has 0 bridgehead atoms. The lowest BCUT2D eigenvalue weighted by molar-refractivity contribution is -0.612. The molecule has 2 rings (SSSR count). The molecule has 0 aromatic carbocycles. The van der Waals surface area contributed by atoms with E-state index < -0.39 is 0 Å². The van der Waals surface area contributed by atoms with Gasteiger partial charge in [0, 0.05) is 12.0 Å². The molecule has 0 unspecified atom stereocenters. The second kappa shape index (κ2) is 2.12. The first-order chi connectivity index (χ1) is 5.27. The molecule has 0 spiro atoms. The average Bonchev–Trinajstić information content (AvgIpc) is 2.34. The predicted molar refractivity (Wildman–Crippen MR) is 41.8 cm³/mol. The molecule has 1 heterocycles. The summed E-state index contributed by atoms with van der Waals surface area (Å²) in [4.78, 5) is 0. The SMILES string of the molecule is Nc1cc2c([n+]([O-])c1)CCC2. The summed E-state index contributed by atoms with van der Waals surface area (Å²) in [5, 5.41) is 11.2. The summed E-state index contributed by atoms with van der Waals surface area (Å²) in [6.07, 6.45) is 4.42. The third-order valence-corrected chi connectivity index (χ3v) is 2.10. The van der Waals surface area contributed by atoms with Crippen LogP contribution in [0.15, 0.2) is 12.3 Å². The van der Waals surface area contributed by atoms with Gasteiger partial charge in [-0.3, -0.25) is 0 Å². The van der Waals surface area contributed by atoms with Gasteiger partial charge in [0.25, 0.3) is 0 Å². The average molecular weight is 150 g/mol. The zero-order valence-corrected chi connectivity index (χ0v) is 6.21. The fourth-order valence-corrected chi connectivity index (χ4v) is 1.61. The van der Waals surface area contributed by atoms with Gasteiger partial charge in [-0.05, 0) is 18.9 Å².